The van der Waals surface area contributed by atoms with Crippen LogP contribution in [0.1, 0.15) is 31.7 Å². The summed E-state index contributed by atoms with van der Waals surface area (Å²) >= 11 is 0. The third-order valence-corrected chi connectivity index (χ3v) is 8.03. The SMILES string of the molecule is CCCC[Si](C)(C)c1ccc(CC(=O)NC2CCOC2=O)cc1. The van der Waals surface area contributed by atoms with Crippen molar-refractivity contribution in [3.05, 3.63) is 29.8 Å². The minimum Gasteiger partial charge on any atom is -0.464 e. The Hall–Kier alpha value is -1.62. The van der Waals surface area contributed by atoms with Gasteiger partial charge in [0.15, 0.2) is 0 Å². The number of cyclic esters (lactones) is 1. The summed E-state index contributed by atoms with van der Waals surface area (Å²) < 4.78 is 4.85. The van der Waals surface area contributed by atoms with Gasteiger partial charge >= 0.3 is 5.97 Å². The van der Waals surface area contributed by atoms with Crippen LogP contribution < -0.4 is 10.5 Å². The van der Waals surface area contributed by atoms with Crippen molar-refractivity contribution in [1.82, 2.24) is 5.32 Å². The predicted octanol–water partition coefficient (Wildman–Crippen LogP) is 2.38. The third kappa shape index (κ3) is 4.93. The number of nitrogens with one attached hydrogen (secondary N) is 1. The highest BCUT2D eigenvalue weighted by Crippen LogP contribution is 2.14. The van der Waals surface area contributed by atoms with Crippen molar-refractivity contribution >= 4 is 25.1 Å². The van der Waals surface area contributed by atoms with Crippen molar-refractivity contribution in [2.45, 2.75) is 57.8 Å². The van der Waals surface area contributed by atoms with E-state index in [1.54, 1.807) is 0 Å². The molecule has 2 rings (SSSR count). The first-order valence-corrected chi connectivity index (χ1v) is 11.7. The molecule has 1 aliphatic heterocycles. The molecule has 126 valence electrons. The average molecular weight is 334 g/mol. The molecule has 1 unspecified atom stereocenters. The molecule has 0 aliphatic carbocycles. The van der Waals surface area contributed by atoms with Crippen LogP contribution in [0.2, 0.25) is 19.1 Å². The van der Waals surface area contributed by atoms with Crippen LogP contribution in [0, 0.1) is 0 Å². The molecular weight excluding hydrogens is 306 g/mol. The number of carbonyl (C=O) groups excluding carboxylic acids is 2. The van der Waals surface area contributed by atoms with Crippen LogP contribution in [-0.2, 0) is 20.7 Å². The van der Waals surface area contributed by atoms with E-state index in [0.29, 0.717) is 19.4 Å². The van der Waals surface area contributed by atoms with E-state index in [9.17, 15) is 9.59 Å². The Morgan fingerprint density at radius 1 is 1.30 bits per heavy atom. The van der Waals surface area contributed by atoms with Crippen LogP contribution >= 0.6 is 0 Å². The molecule has 5 heteroatoms. The fraction of sp³-hybridized carbons (Fsp3) is 0.556. The first kappa shape index (κ1) is 17.7. The van der Waals surface area contributed by atoms with Gasteiger partial charge < -0.3 is 10.1 Å². The zero-order valence-electron chi connectivity index (χ0n) is 14.4. The number of ether oxygens (including phenoxy) is 1. The molecule has 1 aromatic carbocycles. The van der Waals surface area contributed by atoms with E-state index in [4.69, 9.17) is 4.74 Å². The molecule has 0 saturated carbocycles. The van der Waals surface area contributed by atoms with Crippen molar-refractivity contribution in [2.24, 2.45) is 0 Å². The summed E-state index contributed by atoms with van der Waals surface area (Å²) in [5.41, 5.74) is 0.984. The second kappa shape index (κ2) is 7.77. The molecule has 1 aliphatic rings. The highest BCUT2D eigenvalue weighted by molar-refractivity contribution is 6.89. The number of esters is 1. The Bertz CT molecular complexity index is 554. The van der Waals surface area contributed by atoms with Gasteiger partial charge in [0.25, 0.3) is 0 Å². The highest BCUT2D eigenvalue weighted by atomic mass is 28.3. The molecule has 0 aromatic heterocycles. The second-order valence-corrected chi connectivity index (χ2v) is 11.8. The predicted molar refractivity (Wildman–Crippen MR) is 94.5 cm³/mol. The molecule has 1 aromatic rings. The lowest BCUT2D eigenvalue weighted by atomic mass is 10.1. The molecule has 23 heavy (non-hydrogen) atoms. The monoisotopic (exact) mass is 333 g/mol. The Labute approximate surface area is 139 Å². The van der Waals surface area contributed by atoms with Crippen molar-refractivity contribution in [2.75, 3.05) is 6.61 Å². The lowest BCUT2D eigenvalue weighted by Crippen LogP contribution is -2.41. The normalized spacial score (nSPS) is 17.9. The molecule has 1 heterocycles. The maximum absolute atomic E-state index is 12.0. The van der Waals surface area contributed by atoms with Gasteiger partial charge in [0.2, 0.25) is 5.91 Å². The van der Waals surface area contributed by atoms with Crippen LogP contribution in [0.25, 0.3) is 0 Å². The molecule has 1 amide bonds. The zero-order valence-corrected chi connectivity index (χ0v) is 15.4. The minimum absolute atomic E-state index is 0.121. The van der Waals surface area contributed by atoms with Gasteiger partial charge in [0.1, 0.15) is 6.04 Å². The molecule has 4 nitrogen and oxygen atoms in total. The third-order valence-electron chi connectivity index (χ3n) is 4.53. The summed E-state index contributed by atoms with van der Waals surface area (Å²) in [4.78, 5) is 23.4. The fourth-order valence-electron chi connectivity index (χ4n) is 2.89. The maximum Gasteiger partial charge on any atom is 0.328 e. The van der Waals surface area contributed by atoms with Crippen LogP contribution in [0.3, 0.4) is 0 Å². The van der Waals surface area contributed by atoms with Gasteiger partial charge in [0, 0.05) is 6.42 Å². The van der Waals surface area contributed by atoms with Gasteiger partial charge in [-0.15, -0.1) is 0 Å². The van der Waals surface area contributed by atoms with Crippen LogP contribution in [0.4, 0.5) is 0 Å². The minimum atomic E-state index is -1.36. The summed E-state index contributed by atoms with van der Waals surface area (Å²) in [6.45, 7) is 7.43. The van der Waals surface area contributed by atoms with Crippen molar-refractivity contribution < 1.29 is 14.3 Å². The zero-order chi connectivity index (χ0) is 16.9. The second-order valence-electron chi connectivity index (χ2n) is 6.94. The molecule has 0 radical (unpaired) electrons. The van der Waals surface area contributed by atoms with E-state index in [1.807, 2.05) is 12.1 Å². The number of unbranched alkanes of at least 4 members (excludes halogenated alkanes) is 1. The molecule has 1 saturated heterocycles. The standard InChI is InChI=1S/C18H27NO3Si/c1-4-5-12-23(2,3)15-8-6-14(7-9-15)13-17(20)19-16-10-11-22-18(16)21/h6-9,16H,4-5,10-13H2,1-3H3,(H,19,20). The molecular formula is C18H27NO3Si. The largest absolute Gasteiger partial charge is 0.464 e. The van der Waals surface area contributed by atoms with Crippen LogP contribution in [-0.4, -0.2) is 32.6 Å². The molecule has 1 fully saturated rings. The fourth-order valence-corrected chi connectivity index (χ4v) is 5.49. The Balaban J connectivity index is 1.91. The Morgan fingerprint density at radius 2 is 2.00 bits per heavy atom. The number of carbonyl (C=O) groups is 2. The Morgan fingerprint density at radius 3 is 2.57 bits per heavy atom. The number of rotatable bonds is 7. The van der Waals surface area contributed by atoms with E-state index in [0.717, 1.165) is 5.56 Å². The van der Waals surface area contributed by atoms with E-state index in [1.165, 1.54) is 24.1 Å². The summed E-state index contributed by atoms with van der Waals surface area (Å²) in [6.07, 6.45) is 3.39. The Kier molecular flexibility index (Phi) is 5.99. The van der Waals surface area contributed by atoms with Gasteiger partial charge in [-0.2, -0.15) is 0 Å². The summed E-state index contributed by atoms with van der Waals surface area (Å²) in [5, 5.41) is 4.18. The van der Waals surface area contributed by atoms with Crippen molar-refractivity contribution in [1.29, 1.82) is 0 Å². The first-order chi connectivity index (χ1) is 10.9. The molecule has 1 atom stereocenters. The van der Waals surface area contributed by atoms with Crippen molar-refractivity contribution in [3.63, 3.8) is 0 Å². The quantitative estimate of drug-likeness (QED) is 0.616. The maximum atomic E-state index is 12.0. The van der Waals surface area contributed by atoms with Gasteiger partial charge in [-0.05, 0) is 5.56 Å². The smallest absolute Gasteiger partial charge is 0.328 e. The van der Waals surface area contributed by atoms with E-state index in [-0.39, 0.29) is 11.9 Å². The van der Waals surface area contributed by atoms with Crippen molar-refractivity contribution in [3.8, 4) is 0 Å². The average Bonchev–Trinajstić information content (AvgIpc) is 2.91. The van der Waals surface area contributed by atoms with Gasteiger partial charge in [-0.1, -0.05) is 68.4 Å². The number of benzene rings is 1. The summed E-state index contributed by atoms with van der Waals surface area (Å²) in [7, 11) is -1.36. The highest BCUT2D eigenvalue weighted by Gasteiger charge is 2.28. The molecule has 0 bridgehead atoms. The first-order valence-electron chi connectivity index (χ1n) is 8.48. The number of hydrogen-bond acceptors (Lipinski definition) is 3. The molecule has 0 spiro atoms. The lowest BCUT2D eigenvalue weighted by Gasteiger charge is -2.23. The summed E-state index contributed by atoms with van der Waals surface area (Å²) in [6, 6.07) is 9.27. The van der Waals surface area contributed by atoms with Crippen LogP contribution in [0.15, 0.2) is 24.3 Å². The van der Waals surface area contributed by atoms with Gasteiger partial charge in [-0.25, -0.2) is 4.79 Å². The lowest BCUT2D eigenvalue weighted by molar-refractivity contribution is -0.141. The van der Waals surface area contributed by atoms with Gasteiger partial charge in [-0.3, -0.25) is 4.79 Å². The summed E-state index contributed by atoms with van der Waals surface area (Å²) in [5.74, 6) is -0.443. The topological polar surface area (TPSA) is 55.4 Å². The molecule has 1 N–H and O–H groups in total. The van der Waals surface area contributed by atoms with E-state index < -0.39 is 14.1 Å². The number of amides is 1. The van der Waals surface area contributed by atoms with E-state index >= 15 is 0 Å². The number of hydrogen-bond donors (Lipinski definition) is 1. The van der Waals surface area contributed by atoms with Gasteiger partial charge in [0.05, 0.1) is 21.1 Å². The van der Waals surface area contributed by atoms with Crippen LogP contribution in [0.5, 0.6) is 0 Å². The van der Waals surface area contributed by atoms with E-state index in [2.05, 4.69) is 37.5 Å².